The number of benzene rings is 1. The number of nitriles is 1. The molecule has 2 amide bonds. The first-order valence-electron chi connectivity index (χ1n) is 9.35. The summed E-state index contributed by atoms with van der Waals surface area (Å²) >= 11 is 1.93. The lowest BCUT2D eigenvalue weighted by Crippen LogP contribution is -2.31. The van der Waals surface area contributed by atoms with Gasteiger partial charge < -0.3 is 0 Å². The summed E-state index contributed by atoms with van der Waals surface area (Å²) in [6.45, 7) is 1.82. The molecule has 1 aliphatic rings. The fourth-order valence-electron chi connectivity index (χ4n) is 3.36. The lowest BCUT2D eigenvalue weighted by atomic mass is 10.1. The maximum Gasteiger partial charge on any atom is 0.417 e. The summed E-state index contributed by atoms with van der Waals surface area (Å²) in [7, 11) is 0. The molecule has 10 heteroatoms. The SMILES string of the molecule is Cc1cccc(N2C(=O)C[C@@H](Sc3nc(-c4cccs4)cc(C(F)(F)F)c3C#N)C2=O)c1. The van der Waals surface area contributed by atoms with Gasteiger partial charge in [0, 0.05) is 6.42 Å². The highest BCUT2D eigenvalue weighted by molar-refractivity contribution is 8.00. The number of anilines is 1. The molecule has 2 aromatic heterocycles. The van der Waals surface area contributed by atoms with Crippen LogP contribution in [0.15, 0.2) is 52.9 Å². The first kappa shape index (κ1) is 22.0. The molecule has 1 saturated heterocycles. The van der Waals surface area contributed by atoms with Gasteiger partial charge in [-0.15, -0.1) is 11.3 Å². The Morgan fingerprint density at radius 3 is 2.62 bits per heavy atom. The first-order valence-corrected chi connectivity index (χ1v) is 11.1. The van der Waals surface area contributed by atoms with Crippen LogP contribution in [0.5, 0.6) is 0 Å². The van der Waals surface area contributed by atoms with Crippen molar-refractivity contribution >= 4 is 40.6 Å². The highest BCUT2D eigenvalue weighted by atomic mass is 32.2. The van der Waals surface area contributed by atoms with Gasteiger partial charge >= 0.3 is 6.18 Å². The Kier molecular flexibility index (Phi) is 5.79. The number of aromatic nitrogens is 1. The molecule has 1 aromatic carbocycles. The average molecular weight is 474 g/mol. The van der Waals surface area contributed by atoms with Crippen LogP contribution in [0.1, 0.15) is 23.1 Å². The van der Waals surface area contributed by atoms with Crippen molar-refractivity contribution in [2.45, 2.75) is 29.8 Å². The monoisotopic (exact) mass is 473 g/mol. The van der Waals surface area contributed by atoms with E-state index >= 15 is 0 Å². The van der Waals surface area contributed by atoms with Crippen LogP contribution in [0.2, 0.25) is 0 Å². The third kappa shape index (κ3) is 4.13. The molecule has 0 radical (unpaired) electrons. The number of imide groups is 1. The highest BCUT2D eigenvalue weighted by Crippen LogP contribution is 2.41. The van der Waals surface area contributed by atoms with Crippen LogP contribution in [-0.4, -0.2) is 22.0 Å². The summed E-state index contributed by atoms with van der Waals surface area (Å²) in [5.41, 5.74) is -0.461. The second-order valence-electron chi connectivity index (χ2n) is 7.04. The quantitative estimate of drug-likeness (QED) is 0.472. The zero-order valence-corrected chi connectivity index (χ0v) is 18.1. The second-order valence-corrected chi connectivity index (χ2v) is 9.18. The number of carbonyl (C=O) groups excluding carboxylic acids is 2. The summed E-state index contributed by atoms with van der Waals surface area (Å²) in [4.78, 5) is 31.3. The summed E-state index contributed by atoms with van der Waals surface area (Å²) < 4.78 is 41.1. The molecule has 1 aliphatic heterocycles. The summed E-state index contributed by atoms with van der Waals surface area (Å²) in [6.07, 6.45) is -4.98. The van der Waals surface area contributed by atoms with Gasteiger partial charge in [0.05, 0.1) is 32.6 Å². The zero-order chi connectivity index (χ0) is 23.0. The van der Waals surface area contributed by atoms with Gasteiger partial charge in [0.2, 0.25) is 11.8 Å². The van der Waals surface area contributed by atoms with Gasteiger partial charge in [0.1, 0.15) is 11.1 Å². The predicted molar refractivity (Wildman–Crippen MR) is 115 cm³/mol. The Morgan fingerprint density at radius 2 is 2.00 bits per heavy atom. The number of pyridine rings is 1. The van der Waals surface area contributed by atoms with Crippen molar-refractivity contribution in [2.75, 3.05) is 4.90 Å². The van der Waals surface area contributed by atoms with Crippen LogP contribution in [0.25, 0.3) is 10.6 Å². The van der Waals surface area contributed by atoms with Crippen molar-refractivity contribution in [3.8, 4) is 16.6 Å². The maximum absolute atomic E-state index is 13.7. The van der Waals surface area contributed by atoms with E-state index in [1.54, 1.807) is 41.8 Å². The molecule has 3 aromatic rings. The van der Waals surface area contributed by atoms with E-state index in [1.165, 1.54) is 11.3 Å². The third-order valence-corrected chi connectivity index (χ3v) is 6.86. The van der Waals surface area contributed by atoms with Gasteiger partial charge in [-0.1, -0.05) is 30.0 Å². The van der Waals surface area contributed by atoms with Gasteiger partial charge in [0.15, 0.2) is 0 Å². The van der Waals surface area contributed by atoms with Crippen molar-refractivity contribution < 1.29 is 22.8 Å². The van der Waals surface area contributed by atoms with Crippen LogP contribution >= 0.6 is 23.1 Å². The number of rotatable bonds is 4. The van der Waals surface area contributed by atoms with Crippen molar-refractivity contribution in [2.24, 2.45) is 0 Å². The van der Waals surface area contributed by atoms with E-state index in [9.17, 15) is 28.0 Å². The zero-order valence-electron chi connectivity index (χ0n) is 16.5. The minimum atomic E-state index is -4.78. The summed E-state index contributed by atoms with van der Waals surface area (Å²) in [6, 6.07) is 12.6. The molecule has 0 aliphatic carbocycles. The van der Waals surface area contributed by atoms with Gasteiger partial charge in [-0.25, -0.2) is 9.88 Å². The van der Waals surface area contributed by atoms with Gasteiger partial charge in [0.25, 0.3) is 0 Å². The normalized spacial score (nSPS) is 16.5. The Morgan fingerprint density at radius 1 is 1.22 bits per heavy atom. The van der Waals surface area contributed by atoms with E-state index in [2.05, 4.69) is 4.98 Å². The van der Waals surface area contributed by atoms with Crippen molar-refractivity contribution in [3.05, 3.63) is 64.5 Å². The van der Waals surface area contributed by atoms with E-state index in [1.807, 2.05) is 13.0 Å². The highest BCUT2D eigenvalue weighted by Gasteiger charge is 2.42. The molecular weight excluding hydrogens is 459 g/mol. The largest absolute Gasteiger partial charge is 0.417 e. The Labute approximate surface area is 189 Å². The van der Waals surface area contributed by atoms with Gasteiger partial charge in [-0.05, 0) is 42.1 Å². The van der Waals surface area contributed by atoms with E-state index in [0.717, 1.165) is 28.3 Å². The summed E-state index contributed by atoms with van der Waals surface area (Å²) in [5.74, 6) is -1.01. The molecule has 32 heavy (non-hydrogen) atoms. The van der Waals surface area contributed by atoms with Crippen LogP contribution in [0.4, 0.5) is 18.9 Å². The van der Waals surface area contributed by atoms with E-state index in [-0.39, 0.29) is 17.1 Å². The molecular formula is C22H14F3N3O2S2. The van der Waals surface area contributed by atoms with Crippen molar-refractivity contribution in [1.29, 1.82) is 5.26 Å². The molecule has 1 atom stereocenters. The van der Waals surface area contributed by atoms with Crippen LogP contribution in [-0.2, 0) is 15.8 Å². The average Bonchev–Trinajstić information content (AvgIpc) is 3.35. The maximum atomic E-state index is 13.7. The molecule has 0 N–H and O–H groups in total. The first-order chi connectivity index (χ1) is 15.2. The number of thiophene rings is 1. The number of thioether (sulfide) groups is 1. The number of amides is 2. The number of carbonyl (C=O) groups is 2. The minimum Gasteiger partial charge on any atom is -0.274 e. The lowest BCUT2D eigenvalue weighted by Gasteiger charge is -2.17. The fourth-order valence-corrected chi connectivity index (χ4v) is 5.17. The number of halogens is 3. The minimum absolute atomic E-state index is 0.0566. The van der Waals surface area contributed by atoms with Crippen LogP contribution in [0, 0.1) is 18.3 Å². The number of nitrogens with zero attached hydrogens (tertiary/aromatic N) is 3. The smallest absolute Gasteiger partial charge is 0.274 e. The van der Waals surface area contributed by atoms with E-state index in [4.69, 9.17) is 0 Å². The topological polar surface area (TPSA) is 74.1 Å². The van der Waals surface area contributed by atoms with Gasteiger partial charge in [-0.2, -0.15) is 18.4 Å². The number of hydrogen-bond acceptors (Lipinski definition) is 6. The Bertz CT molecular complexity index is 1250. The van der Waals surface area contributed by atoms with E-state index in [0.29, 0.717) is 10.6 Å². The number of aryl methyl sites for hydroxylation is 1. The van der Waals surface area contributed by atoms with Crippen molar-refractivity contribution in [1.82, 2.24) is 4.98 Å². The fraction of sp³-hybridized carbons (Fsp3) is 0.182. The van der Waals surface area contributed by atoms with E-state index < -0.39 is 34.4 Å². The lowest BCUT2D eigenvalue weighted by molar-refractivity contribution is -0.138. The summed E-state index contributed by atoms with van der Waals surface area (Å²) in [5, 5.41) is 9.97. The molecule has 5 nitrogen and oxygen atoms in total. The molecule has 162 valence electrons. The molecule has 3 heterocycles. The van der Waals surface area contributed by atoms with Crippen LogP contribution < -0.4 is 4.90 Å². The van der Waals surface area contributed by atoms with Crippen LogP contribution in [0.3, 0.4) is 0 Å². The third-order valence-electron chi connectivity index (χ3n) is 4.80. The Hall–Kier alpha value is -3.16. The predicted octanol–water partition coefficient (Wildman–Crippen LogP) is 5.43. The van der Waals surface area contributed by atoms with Crippen molar-refractivity contribution in [3.63, 3.8) is 0 Å². The molecule has 0 bridgehead atoms. The van der Waals surface area contributed by atoms with Gasteiger partial charge in [-0.3, -0.25) is 9.59 Å². The number of alkyl halides is 3. The standard InChI is InChI=1S/C22H14F3N3O2S2/c1-12-4-2-5-13(8-12)28-19(29)10-18(21(28)30)32-20-14(11-26)15(22(23,24)25)9-16(27-20)17-6-3-7-31-17/h2-9,18H,10H2,1H3/t18-/m1/s1. The second kappa shape index (κ2) is 8.41. The molecule has 4 rings (SSSR count). The molecule has 0 spiro atoms. The number of hydrogen-bond donors (Lipinski definition) is 0. The molecule has 1 fully saturated rings. The molecule has 0 saturated carbocycles. The Balaban J connectivity index is 1.74. The molecule has 0 unspecified atom stereocenters.